The van der Waals surface area contributed by atoms with Crippen LogP contribution in [0.5, 0.6) is 17.4 Å². The average molecular weight is 429 g/mol. The molecule has 0 aromatic carbocycles. The van der Waals surface area contributed by atoms with Crippen LogP contribution < -0.4 is 19.5 Å². The zero-order valence-corrected chi connectivity index (χ0v) is 17.7. The molecule has 8 nitrogen and oxygen atoms in total. The smallest absolute Gasteiger partial charge is 0.213 e. The minimum Gasteiger partial charge on any atom is -0.486 e. The summed E-state index contributed by atoms with van der Waals surface area (Å²) in [5.41, 5.74) is 5.54. The molecule has 8 heteroatoms. The van der Waals surface area contributed by atoms with Gasteiger partial charge >= 0.3 is 0 Å². The molecule has 0 saturated carbocycles. The highest BCUT2D eigenvalue weighted by Gasteiger charge is 2.12. The molecule has 5 heterocycles. The molecule has 0 spiro atoms. The monoisotopic (exact) mass is 429 g/mol. The summed E-state index contributed by atoms with van der Waals surface area (Å²) in [7, 11) is 1.61. The van der Waals surface area contributed by atoms with E-state index in [1.54, 1.807) is 19.5 Å². The van der Waals surface area contributed by atoms with E-state index in [1.807, 2.05) is 36.5 Å². The highest BCUT2D eigenvalue weighted by atomic mass is 16.6. The fraction of sp³-hybridized carbons (Fsp3) is 0.250. The molecular formula is C24H23N5O3. The molecule has 0 radical (unpaired) electrons. The molecule has 0 saturated heterocycles. The van der Waals surface area contributed by atoms with Crippen LogP contribution in [0.25, 0.3) is 22.2 Å². The van der Waals surface area contributed by atoms with Crippen LogP contribution in [0.2, 0.25) is 0 Å². The second-order valence-electron chi connectivity index (χ2n) is 7.36. The minimum atomic E-state index is 0.565. The number of pyridine rings is 4. The van der Waals surface area contributed by atoms with Gasteiger partial charge in [-0.05, 0) is 18.2 Å². The molecule has 162 valence electrons. The Morgan fingerprint density at radius 1 is 0.938 bits per heavy atom. The maximum atomic E-state index is 5.61. The fourth-order valence-corrected chi connectivity index (χ4v) is 3.60. The van der Waals surface area contributed by atoms with Gasteiger partial charge in [-0.25, -0.2) is 4.98 Å². The summed E-state index contributed by atoms with van der Waals surface area (Å²) in [5, 5.41) is 3.41. The number of methoxy groups -OCH3 is 1. The third kappa shape index (κ3) is 4.31. The predicted molar refractivity (Wildman–Crippen MR) is 120 cm³/mol. The van der Waals surface area contributed by atoms with Crippen LogP contribution in [0.15, 0.2) is 55.0 Å². The van der Waals surface area contributed by atoms with E-state index in [-0.39, 0.29) is 0 Å². The molecule has 4 aromatic heterocycles. The highest BCUT2D eigenvalue weighted by Crippen LogP contribution is 2.29. The average Bonchev–Trinajstić information content (AvgIpc) is 2.86. The van der Waals surface area contributed by atoms with Crippen molar-refractivity contribution in [2.45, 2.75) is 13.0 Å². The Bertz CT molecular complexity index is 1230. The lowest BCUT2D eigenvalue weighted by Gasteiger charge is -2.18. The number of aromatic nitrogens is 4. The molecule has 0 bridgehead atoms. The highest BCUT2D eigenvalue weighted by molar-refractivity contribution is 5.91. The standard InChI is InChI=1S/C24H23N5O3/c1-30-23-5-4-20-24(29-23)19(7-9-26-20)16-2-3-17(27-13-16)6-8-25-14-18-12-21-22(15-28-18)32-11-10-31-21/h2-5,7,9,12-13,15,25H,6,8,10-11,14H2,1H3. The van der Waals surface area contributed by atoms with E-state index in [0.717, 1.165) is 52.3 Å². The predicted octanol–water partition coefficient (Wildman–Crippen LogP) is 3.20. The molecule has 1 aliphatic rings. The molecule has 5 rings (SSSR count). The molecule has 1 N–H and O–H groups in total. The van der Waals surface area contributed by atoms with Gasteiger partial charge in [0.05, 0.1) is 24.5 Å². The van der Waals surface area contributed by atoms with E-state index >= 15 is 0 Å². The van der Waals surface area contributed by atoms with Crippen molar-refractivity contribution in [1.29, 1.82) is 0 Å². The first-order valence-corrected chi connectivity index (χ1v) is 10.5. The SMILES string of the molecule is COc1ccc2nccc(-c3ccc(CCNCc4cc5c(cn4)OCCO5)nc3)c2n1. The van der Waals surface area contributed by atoms with Gasteiger partial charge in [0.2, 0.25) is 5.88 Å². The topological polar surface area (TPSA) is 91.3 Å². The van der Waals surface area contributed by atoms with Crippen molar-refractivity contribution in [3.05, 3.63) is 66.4 Å². The van der Waals surface area contributed by atoms with Gasteiger partial charge in [0, 0.05) is 60.9 Å². The summed E-state index contributed by atoms with van der Waals surface area (Å²) < 4.78 is 16.4. The number of rotatable bonds is 7. The van der Waals surface area contributed by atoms with Crippen LogP contribution in [0.1, 0.15) is 11.4 Å². The summed E-state index contributed by atoms with van der Waals surface area (Å²) in [4.78, 5) is 18.0. The number of hydrogen-bond donors (Lipinski definition) is 1. The zero-order chi connectivity index (χ0) is 21.8. The lowest BCUT2D eigenvalue weighted by Crippen LogP contribution is -2.19. The number of nitrogens with one attached hydrogen (secondary N) is 1. The summed E-state index contributed by atoms with van der Waals surface area (Å²) in [6.45, 7) is 2.59. The molecule has 0 amide bonds. The van der Waals surface area contributed by atoms with E-state index in [4.69, 9.17) is 14.2 Å². The van der Waals surface area contributed by atoms with E-state index in [1.165, 1.54) is 0 Å². The van der Waals surface area contributed by atoms with Crippen molar-refractivity contribution in [3.63, 3.8) is 0 Å². The molecular weight excluding hydrogens is 406 g/mol. The van der Waals surface area contributed by atoms with Crippen molar-refractivity contribution < 1.29 is 14.2 Å². The Morgan fingerprint density at radius 3 is 2.66 bits per heavy atom. The third-order valence-electron chi connectivity index (χ3n) is 5.25. The number of ether oxygens (including phenoxy) is 3. The van der Waals surface area contributed by atoms with Crippen molar-refractivity contribution in [2.75, 3.05) is 26.9 Å². The van der Waals surface area contributed by atoms with Crippen molar-refractivity contribution in [1.82, 2.24) is 25.3 Å². The van der Waals surface area contributed by atoms with Crippen LogP contribution in [-0.2, 0) is 13.0 Å². The maximum Gasteiger partial charge on any atom is 0.213 e. The minimum absolute atomic E-state index is 0.565. The largest absolute Gasteiger partial charge is 0.486 e. The van der Waals surface area contributed by atoms with Gasteiger partial charge in [0.15, 0.2) is 11.5 Å². The van der Waals surface area contributed by atoms with Gasteiger partial charge in [-0.2, -0.15) is 0 Å². The summed E-state index contributed by atoms with van der Waals surface area (Å²) in [6, 6.07) is 11.7. The van der Waals surface area contributed by atoms with Crippen LogP contribution in [0, 0.1) is 0 Å². The third-order valence-corrected chi connectivity index (χ3v) is 5.25. The van der Waals surface area contributed by atoms with E-state index in [0.29, 0.717) is 31.4 Å². The molecule has 4 aromatic rings. The van der Waals surface area contributed by atoms with Gasteiger partial charge < -0.3 is 19.5 Å². The zero-order valence-electron chi connectivity index (χ0n) is 17.7. The summed E-state index contributed by atoms with van der Waals surface area (Å²) >= 11 is 0. The second kappa shape index (κ2) is 9.15. The van der Waals surface area contributed by atoms with Crippen molar-refractivity contribution in [3.8, 4) is 28.5 Å². The lowest BCUT2D eigenvalue weighted by atomic mass is 10.1. The Labute approximate surface area is 185 Å². The van der Waals surface area contributed by atoms with Gasteiger partial charge in [-0.15, -0.1) is 0 Å². The molecule has 0 fully saturated rings. The summed E-state index contributed by atoms with van der Waals surface area (Å²) in [6.07, 6.45) is 6.20. The summed E-state index contributed by atoms with van der Waals surface area (Å²) in [5.74, 6) is 2.03. The van der Waals surface area contributed by atoms with Crippen LogP contribution in [0.4, 0.5) is 0 Å². The molecule has 0 aliphatic carbocycles. The van der Waals surface area contributed by atoms with E-state index in [2.05, 4.69) is 31.3 Å². The van der Waals surface area contributed by atoms with Crippen molar-refractivity contribution in [2.24, 2.45) is 0 Å². The van der Waals surface area contributed by atoms with Gasteiger partial charge in [-0.3, -0.25) is 15.0 Å². The normalized spacial score (nSPS) is 12.7. The molecule has 32 heavy (non-hydrogen) atoms. The van der Waals surface area contributed by atoms with Gasteiger partial charge in [0.25, 0.3) is 0 Å². The maximum absolute atomic E-state index is 5.61. The first-order chi connectivity index (χ1) is 15.8. The lowest BCUT2D eigenvalue weighted by molar-refractivity contribution is 0.170. The van der Waals surface area contributed by atoms with Gasteiger partial charge in [-0.1, -0.05) is 6.07 Å². The Morgan fingerprint density at radius 2 is 1.81 bits per heavy atom. The molecule has 0 unspecified atom stereocenters. The van der Waals surface area contributed by atoms with Gasteiger partial charge in [0.1, 0.15) is 18.7 Å². The second-order valence-corrected chi connectivity index (χ2v) is 7.36. The Balaban J connectivity index is 1.21. The van der Waals surface area contributed by atoms with Crippen LogP contribution >= 0.6 is 0 Å². The quantitative estimate of drug-likeness (QED) is 0.448. The Kier molecular flexibility index (Phi) is 5.76. The van der Waals surface area contributed by atoms with Crippen LogP contribution in [0.3, 0.4) is 0 Å². The van der Waals surface area contributed by atoms with Crippen LogP contribution in [-0.4, -0.2) is 46.8 Å². The molecule has 1 aliphatic heterocycles. The first kappa shape index (κ1) is 20.1. The number of fused-ring (bicyclic) bond motifs is 2. The Hall–Kier alpha value is -3.78. The fourth-order valence-electron chi connectivity index (χ4n) is 3.60. The number of nitrogens with zero attached hydrogens (tertiary/aromatic N) is 4. The first-order valence-electron chi connectivity index (χ1n) is 10.5. The molecule has 0 atom stereocenters. The van der Waals surface area contributed by atoms with E-state index < -0.39 is 0 Å². The van der Waals surface area contributed by atoms with Crippen molar-refractivity contribution >= 4 is 11.0 Å². The number of hydrogen-bond acceptors (Lipinski definition) is 8. The van der Waals surface area contributed by atoms with E-state index in [9.17, 15) is 0 Å².